The molecule has 5 nitrogen and oxygen atoms in total. The molecule has 1 aromatic carbocycles. The molecule has 28 heavy (non-hydrogen) atoms. The van der Waals surface area contributed by atoms with Crippen LogP contribution >= 0.6 is 0 Å². The molecule has 2 fully saturated rings. The van der Waals surface area contributed by atoms with Crippen molar-refractivity contribution in [1.82, 2.24) is 9.88 Å². The summed E-state index contributed by atoms with van der Waals surface area (Å²) in [6, 6.07) is 12.9. The van der Waals surface area contributed by atoms with Gasteiger partial charge in [0, 0.05) is 28.9 Å². The molecule has 2 heterocycles. The van der Waals surface area contributed by atoms with Gasteiger partial charge in [-0.2, -0.15) is 0 Å². The van der Waals surface area contributed by atoms with Crippen molar-refractivity contribution in [3.8, 4) is 0 Å². The second-order valence-electron chi connectivity index (χ2n) is 8.80. The zero-order valence-electron chi connectivity index (χ0n) is 16.6. The van der Waals surface area contributed by atoms with Gasteiger partial charge < -0.3 is 9.64 Å². The van der Waals surface area contributed by atoms with E-state index in [2.05, 4.69) is 25.8 Å². The molecule has 2 aromatic rings. The Morgan fingerprint density at radius 1 is 1.14 bits per heavy atom. The molecule has 1 aliphatic heterocycles. The number of likely N-dealkylation sites (tertiary alicyclic amines) is 1. The van der Waals surface area contributed by atoms with E-state index in [0.717, 1.165) is 17.7 Å². The van der Waals surface area contributed by atoms with Gasteiger partial charge in [-0.3, -0.25) is 9.78 Å². The van der Waals surface area contributed by atoms with Gasteiger partial charge >= 0.3 is 5.97 Å². The van der Waals surface area contributed by atoms with E-state index >= 15 is 0 Å². The first kappa shape index (κ1) is 18.7. The molecule has 0 spiro atoms. The number of pyridine rings is 1. The molecule has 1 saturated carbocycles. The number of carbonyl (C=O) groups is 2. The quantitative estimate of drug-likeness (QED) is 0.761. The van der Waals surface area contributed by atoms with E-state index in [-0.39, 0.29) is 29.9 Å². The highest BCUT2D eigenvalue weighted by atomic mass is 16.5. The standard InChI is InChI=1S/C23H26N2O3/c1-23(2,3)20-13-16(9-10-24-20)21(26)25-18-11-17(18)12-19(25)22(27)28-14-15-7-5-4-6-8-15/h4-10,13,17-19H,11-12,14H2,1-3H3/t17?,18-,19-/m1/s1. The third-order valence-electron chi connectivity index (χ3n) is 5.61. The summed E-state index contributed by atoms with van der Waals surface area (Å²) < 4.78 is 5.53. The van der Waals surface area contributed by atoms with Crippen LogP contribution in [0.25, 0.3) is 0 Å². The van der Waals surface area contributed by atoms with Gasteiger partial charge in [0.2, 0.25) is 0 Å². The Morgan fingerprint density at radius 2 is 1.89 bits per heavy atom. The van der Waals surface area contributed by atoms with Crippen LogP contribution in [0.3, 0.4) is 0 Å². The number of nitrogens with zero attached hydrogens (tertiary/aromatic N) is 2. The van der Waals surface area contributed by atoms with E-state index in [1.807, 2.05) is 36.4 Å². The van der Waals surface area contributed by atoms with Crippen LogP contribution in [0.15, 0.2) is 48.7 Å². The number of amides is 1. The van der Waals surface area contributed by atoms with Crippen LogP contribution in [0.1, 0.15) is 55.2 Å². The molecule has 4 rings (SSSR count). The number of esters is 1. The Kier molecular flexibility index (Phi) is 4.69. The lowest BCUT2D eigenvalue weighted by atomic mass is 9.90. The Morgan fingerprint density at radius 3 is 2.61 bits per heavy atom. The van der Waals surface area contributed by atoms with Gasteiger partial charge in [-0.05, 0) is 36.5 Å². The van der Waals surface area contributed by atoms with Gasteiger partial charge in [-0.15, -0.1) is 0 Å². The first-order valence-corrected chi connectivity index (χ1v) is 9.84. The highest BCUT2D eigenvalue weighted by Gasteiger charge is 2.56. The predicted molar refractivity (Wildman–Crippen MR) is 106 cm³/mol. The number of hydrogen-bond donors (Lipinski definition) is 0. The summed E-state index contributed by atoms with van der Waals surface area (Å²) in [7, 11) is 0. The number of aromatic nitrogens is 1. The third-order valence-corrected chi connectivity index (χ3v) is 5.61. The zero-order valence-corrected chi connectivity index (χ0v) is 16.6. The minimum Gasteiger partial charge on any atom is -0.459 e. The number of rotatable bonds is 4. The van der Waals surface area contributed by atoms with Gasteiger partial charge in [0.25, 0.3) is 5.91 Å². The zero-order chi connectivity index (χ0) is 19.9. The second kappa shape index (κ2) is 7.04. The number of hydrogen-bond acceptors (Lipinski definition) is 4. The van der Waals surface area contributed by atoms with Crippen LogP contribution in [-0.2, 0) is 21.6 Å². The van der Waals surface area contributed by atoms with Gasteiger partial charge in [0.05, 0.1) is 0 Å². The van der Waals surface area contributed by atoms with E-state index in [4.69, 9.17) is 4.74 Å². The van der Waals surface area contributed by atoms with Crippen LogP contribution in [0.4, 0.5) is 0 Å². The normalized spacial score (nSPS) is 23.2. The summed E-state index contributed by atoms with van der Waals surface area (Å²) in [5.41, 5.74) is 2.26. The molecular formula is C23H26N2O3. The lowest BCUT2D eigenvalue weighted by molar-refractivity contribution is -0.150. The summed E-state index contributed by atoms with van der Waals surface area (Å²) in [5, 5.41) is 0. The van der Waals surface area contributed by atoms with Crippen LogP contribution < -0.4 is 0 Å². The largest absolute Gasteiger partial charge is 0.459 e. The van der Waals surface area contributed by atoms with Gasteiger partial charge in [0.1, 0.15) is 12.6 Å². The van der Waals surface area contributed by atoms with Crippen molar-refractivity contribution in [1.29, 1.82) is 0 Å². The van der Waals surface area contributed by atoms with Crippen molar-refractivity contribution < 1.29 is 14.3 Å². The molecule has 146 valence electrons. The van der Waals surface area contributed by atoms with Gasteiger partial charge in [-0.1, -0.05) is 51.1 Å². The fourth-order valence-corrected chi connectivity index (χ4v) is 3.91. The lowest BCUT2D eigenvalue weighted by Crippen LogP contribution is -2.44. The number of piperidine rings is 1. The molecule has 1 aliphatic carbocycles. The average Bonchev–Trinajstić information content (AvgIpc) is 3.35. The van der Waals surface area contributed by atoms with Crippen molar-refractivity contribution >= 4 is 11.9 Å². The summed E-state index contributed by atoms with van der Waals surface area (Å²) in [6.07, 6.45) is 3.35. The van der Waals surface area contributed by atoms with E-state index in [0.29, 0.717) is 17.9 Å². The number of fused-ring (bicyclic) bond motifs is 1. The maximum absolute atomic E-state index is 13.2. The summed E-state index contributed by atoms with van der Waals surface area (Å²) in [4.78, 5) is 32.1. The Hall–Kier alpha value is -2.69. The number of benzene rings is 1. The smallest absolute Gasteiger partial charge is 0.329 e. The minimum absolute atomic E-state index is 0.0976. The summed E-state index contributed by atoms with van der Waals surface area (Å²) in [6.45, 7) is 6.44. The van der Waals surface area contributed by atoms with Crippen molar-refractivity contribution in [2.24, 2.45) is 5.92 Å². The Bertz CT molecular complexity index is 888. The van der Waals surface area contributed by atoms with Crippen LogP contribution in [-0.4, -0.2) is 33.8 Å². The van der Waals surface area contributed by atoms with E-state index in [1.165, 1.54) is 0 Å². The second-order valence-corrected chi connectivity index (χ2v) is 8.80. The molecule has 1 saturated heterocycles. The molecular weight excluding hydrogens is 352 g/mol. The molecule has 0 N–H and O–H groups in total. The monoisotopic (exact) mass is 378 g/mol. The van der Waals surface area contributed by atoms with Gasteiger partial charge in [-0.25, -0.2) is 4.79 Å². The highest BCUT2D eigenvalue weighted by Crippen LogP contribution is 2.48. The molecule has 1 aromatic heterocycles. The fourth-order valence-electron chi connectivity index (χ4n) is 3.91. The van der Waals surface area contributed by atoms with Crippen LogP contribution in [0, 0.1) is 5.92 Å². The molecule has 0 radical (unpaired) electrons. The SMILES string of the molecule is CC(C)(C)c1cc(C(=O)N2[C@@H](C(=O)OCc3ccccc3)CC3C[C@H]32)ccn1. The van der Waals surface area contributed by atoms with Crippen molar-refractivity contribution in [2.75, 3.05) is 0 Å². The topological polar surface area (TPSA) is 59.5 Å². The lowest BCUT2D eigenvalue weighted by Gasteiger charge is -2.27. The van der Waals surface area contributed by atoms with Crippen molar-refractivity contribution in [3.63, 3.8) is 0 Å². The van der Waals surface area contributed by atoms with Crippen molar-refractivity contribution in [2.45, 2.75) is 57.7 Å². The molecule has 5 heteroatoms. The van der Waals surface area contributed by atoms with E-state index in [1.54, 1.807) is 17.2 Å². The molecule has 0 bridgehead atoms. The van der Waals surface area contributed by atoms with E-state index < -0.39 is 6.04 Å². The first-order valence-electron chi connectivity index (χ1n) is 9.84. The molecule has 1 unspecified atom stereocenters. The van der Waals surface area contributed by atoms with E-state index in [9.17, 15) is 9.59 Å². The van der Waals surface area contributed by atoms with Crippen LogP contribution in [0.5, 0.6) is 0 Å². The maximum Gasteiger partial charge on any atom is 0.329 e. The number of ether oxygens (including phenoxy) is 1. The third kappa shape index (κ3) is 3.66. The number of carbonyl (C=O) groups excluding carboxylic acids is 2. The summed E-state index contributed by atoms with van der Waals surface area (Å²) >= 11 is 0. The maximum atomic E-state index is 13.2. The minimum atomic E-state index is -0.494. The van der Waals surface area contributed by atoms with Gasteiger partial charge in [0.15, 0.2) is 0 Å². The first-order chi connectivity index (χ1) is 13.3. The average molecular weight is 378 g/mol. The Labute approximate surface area is 165 Å². The predicted octanol–water partition coefficient (Wildman–Crippen LogP) is 3.73. The Balaban J connectivity index is 1.50. The molecule has 2 aliphatic rings. The van der Waals surface area contributed by atoms with Crippen LogP contribution in [0.2, 0.25) is 0 Å². The molecule has 3 atom stereocenters. The fraction of sp³-hybridized carbons (Fsp3) is 0.435. The molecule has 1 amide bonds. The highest BCUT2D eigenvalue weighted by molar-refractivity contribution is 5.98. The van der Waals surface area contributed by atoms with Crippen molar-refractivity contribution in [3.05, 3.63) is 65.5 Å². The summed E-state index contributed by atoms with van der Waals surface area (Å²) in [5.74, 6) is 0.0104.